The molecule has 3 aromatic rings. The van der Waals surface area contributed by atoms with E-state index in [-0.39, 0.29) is 6.04 Å². The maximum absolute atomic E-state index is 14.5. The molecule has 0 radical (unpaired) electrons. The average molecular weight is 355 g/mol. The van der Waals surface area contributed by atoms with Gasteiger partial charge in [0, 0.05) is 29.8 Å². The SMILES string of the molecule is C[C@H](N)COc1ccc(-n2cc3ccc(OCC4CC4)cc3n2)c(F)c1. The van der Waals surface area contributed by atoms with Crippen LogP contribution in [0.3, 0.4) is 0 Å². The van der Waals surface area contributed by atoms with Crippen LogP contribution in [0.4, 0.5) is 4.39 Å². The first-order valence-electron chi connectivity index (χ1n) is 8.89. The number of rotatable bonds is 7. The van der Waals surface area contributed by atoms with E-state index >= 15 is 0 Å². The van der Waals surface area contributed by atoms with Gasteiger partial charge in [0.15, 0.2) is 5.82 Å². The number of halogens is 1. The second kappa shape index (κ2) is 6.96. The minimum Gasteiger partial charge on any atom is -0.493 e. The van der Waals surface area contributed by atoms with Crippen LogP contribution in [-0.2, 0) is 0 Å². The van der Waals surface area contributed by atoms with Crippen molar-refractivity contribution in [3.8, 4) is 17.2 Å². The van der Waals surface area contributed by atoms with Crippen molar-refractivity contribution in [2.45, 2.75) is 25.8 Å². The Morgan fingerprint density at radius 2 is 1.96 bits per heavy atom. The Balaban J connectivity index is 1.55. The lowest BCUT2D eigenvalue weighted by molar-refractivity contribution is 0.295. The summed E-state index contributed by atoms with van der Waals surface area (Å²) in [5, 5.41) is 5.42. The first-order valence-corrected chi connectivity index (χ1v) is 8.89. The molecule has 5 nitrogen and oxygen atoms in total. The van der Waals surface area contributed by atoms with Gasteiger partial charge in [0.05, 0.1) is 12.1 Å². The second-order valence-electron chi connectivity index (χ2n) is 6.95. The van der Waals surface area contributed by atoms with Crippen LogP contribution in [0.25, 0.3) is 16.6 Å². The lowest BCUT2D eigenvalue weighted by Crippen LogP contribution is -2.23. The van der Waals surface area contributed by atoms with Crippen molar-refractivity contribution < 1.29 is 13.9 Å². The van der Waals surface area contributed by atoms with Crippen molar-refractivity contribution in [3.63, 3.8) is 0 Å². The topological polar surface area (TPSA) is 62.3 Å². The van der Waals surface area contributed by atoms with Crippen molar-refractivity contribution in [2.75, 3.05) is 13.2 Å². The molecule has 2 aromatic carbocycles. The molecule has 26 heavy (non-hydrogen) atoms. The number of benzene rings is 2. The molecule has 0 saturated heterocycles. The zero-order valence-electron chi connectivity index (χ0n) is 14.7. The fourth-order valence-electron chi connectivity index (χ4n) is 2.70. The molecule has 1 aliphatic rings. The van der Waals surface area contributed by atoms with Gasteiger partial charge < -0.3 is 15.2 Å². The van der Waals surface area contributed by atoms with Crippen molar-refractivity contribution in [1.29, 1.82) is 0 Å². The molecule has 4 rings (SSSR count). The van der Waals surface area contributed by atoms with Gasteiger partial charge in [-0.2, -0.15) is 5.10 Å². The molecule has 0 unspecified atom stereocenters. The maximum atomic E-state index is 14.5. The van der Waals surface area contributed by atoms with Crippen LogP contribution < -0.4 is 15.2 Å². The van der Waals surface area contributed by atoms with E-state index in [9.17, 15) is 4.39 Å². The molecule has 0 aliphatic heterocycles. The van der Waals surface area contributed by atoms with Gasteiger partial charge >= 0.3 is 0 Å². The van der Waals surface area contributed by atoms with E-state index in [0.29, 0.717) is 24.0 Å². The summed E-state index contributed by atoms with van der Waals surface area (Å²) in [6, 6.07) is 10.4. The Morgan fingerprint density at radius 1 is 1.19 bits per heavy atom. The lowest BCUT2D eigenvalue weighted by Gasteiger charge is -2.10. The highest BCUT2D eigenvalue weighted by Gasteiger charge is 2.22. The van der Waals surface area contributed by atoms with Gasteiger partial charge in [-0.1, -0.05) is 0 Å². The number of ether oxygens (including phenoxy) is 2. The maximum Gasteiger partial charge on any atom is 0.152 e. The van der Waals surface area contributed by atoms with Gasteiger partial charge in [0.25, 0.3) is 0 Å². The van der Waals surface area contributed by atoms with E-state index in [4.69, 9.17) is 15.2 Å². The summed E-state index contributed by atoms with van der Waals surface area (Å²) in [6.45, 7) is 2.93. The predicted molar refractivity (Wildman–Crippen MR) is 98.4 cm³/mol. The molecule has 2 N–H and O–H groups in total. The molecule has 0 spiro atoms. The van der Waals surface area contributed by atoms with Gasteiger partial charge in [0.1, 0.15) is 23.8 Å². The summed E-state index contributed by atoms with van der Waals surface area (Å²) in [5.41, 5.74) is 6.80. The third kappa shape index (κ3) is 3.80. The Hall–Kier alpha value is -2.60. The van der Waals surface area contributed by atoms with Crippen molar-refractivity contribution in [1.82, 2.24) is 9.78 Å². The van der Waals surface area contributed by atoms with Gasteiger partial charge in [-0.15, -0.1) is 0 Å². The number of hydrogen-bond acceptors (Lipinski definition) is 4. The van der Waals surface area contributed by atoms with E-state index in [0.717, 1.165) is 23.3 Å². The molecule has 1 atom stereocenters. The van der Waals surface area contributed by atoms with Crippen molar-refractivity contribution >= 4 is 10.9 Å². The van der Waals surface area contributed by atoms with Gasteiger partial charge in [-0.3, -0.25) is 0 Å². The number of fused-ring (bicyclic) bond motifs is 1. The molecule has 1 aliphatic carbocycles. The van der Waals surface area contributed by atoms with Crippen LogP contribution in [0.15, 0.2) is 42.6 Å². The van der Waals surface area contributed by atoms with Crippen LogP contribution in [-0.4, -0.2) is 29.0 Å². The highest BCUT2D eigenvalue weighted by atomic mass is 19.1. The highest BCUT2D eigenvalue weighted by Crippen LogP contribution is 2.30. The average Bonchev–Trinajstić information content (AvgIpc) is 3.35. The molecule has 0 bridgehead atoms. The van der Waals surface area contributed by atoms with E-state index < -0.39 is 5.82 Å². The predicted octanol–water partition coefficient (Wildman–Crippen LogP) is 3.68. The van der Waals surface area contributed by atoms with E-state index in [2.05, 4.69) is 5.10 Å². The summed E-state index contributed by atoms with van der Waals surface area (Å²) in [7, 11) is 0. The number of aromatic nitrogens is 2. The lowest BCUT2D eigenvalue weighted by atomic mass is 10.2. The normalized spacial score (nSPS) is 15.2. The summed E-state index contributed by atoms with van der Waals surface area (Å²) in [6.07, 6.45) is 4.31. The van der Waals surface area contributed by atoms with Crippen LogP contribution >= 0.6 is 0 Å². The number of nitrogens with zero attached hydrogens (tertiary/aromatic N) is 2. The van der Waals surface area contributed by atoms with Crippen LogP contribution in [0.2, 0.25) is 0 Å². The highest BCUT2D eigenvalue weighted by molar-refractivity contribution is 5.80. The fourth-order valence-corrected chi connectivity index (χ4v) is 2.70. The Kier molecular flexibility index (Phi) is 4.51. The van der Waals surface area contributed by atoms with Crippen LogP contribution in [0.1, 0.15) is 19.8 Å². The molecule has 1 saturated carbocycles. The summed E-state index contributed by atoms with van der Waals surface area (Å²) < 4.78 is 27.3. The minimum atomic E-state index is -0.398. The monoisotopic (exact) mass is 355 g/mol. The molecular weight excluding hydrogens is 333 g/mol. The largest absolute Gasteiger partial charge is 0.493 e. The Labute approximate surface area is 151 Å². The van der Waals surface area contributed by atoms with Crippen LogP contribution in [0, 0.1) is 11.7 Å². The third-order valence-electron chi connectivity index (χ3n) is 4.34. The molecule has 1 fully saturated rings. The zero-order chi connectivity index (χ0) is 18.1. The standard InChI is InChI=1S/C20H22FN3O2/c1-13(22)11-25-16-6-7-20(18(21)8-16)24-10-15-4-5-17(9-19(15)23-24)26-12-14-2-3-14/h4-10,13-14H,2-3,11-12,22H2,1H3/t13-/m0/s1. The zero-order valence-corrected chi connectivity index (χ0v) is 14.7. The van der Waals surface area contributed by atoms with E-state index in [1.807, 2.05) is 25.1 Å². The van der Waals surface area contributed by atoms with E-state index in [1.165, 1.54) is 18.9 Å². The van der Waals surface area contributed by atoms with Gasteiger partial charge in [-0.25, -0.2) is 9.07 Å². The van der Waals surface area contributed by atoms with Gasteiger partial charge in [0.2, 0.25) is 0 Å². The number of hydrogen-bond donors (Lipinski definition) is 1. The third-order valence-corrected chi connectivity index (χ3v) is 4.34. The van der Waals surface area contributed by atoms with E-state index in [1.54, 1.807) is 23.0 Å². The summed E-state index contributed by atoms with van der Waals surface area (Å²) >= 11 is 0. The molecule has 136 valence electrons. The second-order valence-corrected chi connectivity index (χ2v) is 6.95. The van der Waals surface area contributed by atoms with Gasteiger partial charge in [-0.05, 0) is 49.9 Å². The first kappa shape index (κ1) is 16.8. The molecule has 0 amide bonds. The molecule has 1 heterocycles. The summed E-state index contributed by atoms with van der Waals surface area (Å²) in [4.78, 5) is 0. The molecule has 6 heteroatoms. The fraction of sp³-hybridized carbons (Fsp3) is 0.350. The van der Waals surface area contributed by atoms with Crippen molar-refractivity contribution in [2.24, 2.45) is 11.7 Å². The minimum absolute atomic E-state index is 0.106. The summed E-state index contributed by atoms with van der Waals surface area (Å²) in [5.74, 6) is 1.55. The molecule has 1 aromatic heterocycles. The Bertz CT molecular complexity index is 919. The number of nitrogens with two attached hydrogens (primary N) is 1. The Morgan fingerprint density at radius 3 is 2.69 bits per heavy atom. The smallest absolute Gasteiger partial charge is 0.152 e. The van der Waals surface area contributed by atoms with Crippen molar-refractivity contribution in [3.05, 3.63) is 48.4 Å². The van der Waals surface area contributed by atoms with Crippen LogP contribution in [0.5, 0.6) is 11.5 Å². The molecular formula is C20H22FN3O2. The quantitative estimate of drug-likeness (QED) is 0.702. The first-order chi connectivity index (χ1) is 12.6.